The molecule has 0 atom stereocenters. The van der Waals surface area contributed by atoms with Crippen LogP contribution in [0.2, 0.25) is 5.02 Å². The van der Waals surface area contributed by atoms with E-state index in [4.69, 9.17) is 32.9 Å². The van der Waals surface area contributed by atoms with Gasteiger partial charge in [0.1, 0.15) is 25.2 Å². The van der Waals surface area contributed by atoms with E-state index in [1.807, 2.05) is 62.4 Å². The molecular weight excluding hydrogens is 454 g/mol. The van der Waals surface area contributed by atoms with E-state index >= 15 is 0 Å². The number of anilines is 1. The van der Waals surface area contributed by atoms with Gasteiger partial charge in [-0.3, -0.25) is 5.01 Å². The molecule has 0 bridgehead atoms. The number of aryl methyl sites for hydroxylation is 2. The van der Waals surface area contributed by atoms with Crippen LogP contribution < -0.4 is 21.4 Å². The van der Waals surface area contributed by atoms with Crippen molar-refractivity contribution in [2.24, 2.45) is 16.8 Å². The molecule has 0 spiro atoms. The molecule has 0 aromatic heterocycles. The number of hydrazine groups is 2. The third-order valence-electron chi connectivity index (χ3n) is 5.28. The Hall–Kier alpha value is -3.59. The minimum absolute atomic E-state index is 0.209. The summed E-state index contributed by atoms with van der Waals surface area (Å²) in [5.74, 6) is 12.3. The molecule has 2 amide bonds. The molecule has 3 rings (SSSR count). The smallest absolute Gasteiger partial charge is 0.352 e. The van der Waals surface area contributed by atoms with E-state index in [-0.39, 0.29) is 6.61 Å². The van der Waals surface area contributed by atoms with Crippen molar-refractivity contribution in [3.8, 4) is 5.75 Å². The first-order valence-electron chi connectivity index (χ1n) is 10.5. The van der Waals surface area contributed by atoms with Gasteiger partial charge in [0.25, 0.3) is 0 Å². The molecule has 0 fully saturated rings. The number of benzene rings is 3. The number of rotatable bonds is 7. The number of nitrogens with zero attached hydrogens (tertiary/aromatic N) is 3. The molecule has 3 aromatic carbocycles. The minimum atomic E-state index is -0.545. The predicted octanol–water partition coefficient (Wildman–Crippen LogP) is 4.54. The van der Waals surface area contributed by atoms with Crippen LogP contribution in [0.25, 0.3) is 0 Å². The summed E-state index contributed by atoms with van der Waals surface area (Å²) >= 11 is 6.38. The summed E-state index contributed by atoms with van der Waals surface area (Å²) in [6.45, 7) is 4.08. The molecule has 0 aliphatic rings. The number of carbonyl (C=O) groups is 1. The second-order valence-electron chi connectivity index (χ2n) is 7.71. The highest BCUT2D eigenvalue weighted by molar-refractivity contribution is 6.35. The average Bonchev–Trinajstić information content (AvgIpc) is 2.82. The van der Waals surface area contributed by atoms with Crippen molar-refractivity contribution in [3.05, 3.63) is 93.5 Å². The molecule has 4 N–H and O–H groups in total. The summed E-state index contributed by atoms with van der Waals surface area (Å²) in [6, 6.07) is 18.1. The van der Waals surface area contributed by atoms with Crippen LogP contribution in [-0.2, 0) is 11.4 Å². The lowest BCUT2D eigenvalue weighted by Gasteiger charge is -2.24. The van der Waals surface area contributed by atoms with E-state index < -0.39 is 6.03 Å². The number of urea groups is 1. The van der Waals surface area contributed by atoms with Gasteiger partial charge in [0, 0.05) is 23.7 Å². The van der Waals surface area contributed by atoms with Crippen LogP contribution in [0.1, 0.15) is 27.8 Å². The van der Waals surface area contributed by atoms with Crippen LogP contribution in [0.4, 0.5) is 10.5 Å². The summed E-state index contributed by atoms with van der Waals surface area (Å²) in [7, 11) is 2.93. The SMILES string of the molecule is CON=C(c1ccc(OCc2c(C)cccc2N(N)C(=O)N(C)N)c(C)c1)c1ccccc1Cl. The van der Waals surface area contributed by atoms with Gasteiger partial charge in [-0.2, -0.15) is 0 Å². The largest absolute Gasteiger partial charge is 0.489 e. The van der Waals surface area contributed by atoms with Crippen LogP contribution in [0.3, 0.4) is 0 Å². The fourth-order valence-electron chi connectivity index (χ4n) is 3.48. The highest BCUT2D eigenvalue weighted by atomic mass is 35.5. The van der Waals surface area contributed by atoms with Crippen molar-refractivity contribution < 1.29 is 14.4 Å². The first-order valence-corrected chi connectivity index (χ1v) is 10.9. The van der Waals surface area contributed by atoms with Gasteiger partial charge >= 0.3 is 6.03 Å². The van der Waals surface area contributed by atoms with Gasteiger partial charge in [0.05, 0.1) is 10.7 Å². The van der Waals surface area contributed by atoms with Gasteiger partial charge in [-0.25, -0.2) is 21.5 Å². The van der Waals surface area contributed by atoms with Gasteiger partial charge in [-0.15, -0.1) is 0 Å². The first kappa shape index (κ1) is 25.0. The number of amides is 2. The molecule has 8 nitrogen and oxygen atoms in total. The maximum absolute atomic E-state index is 12.3. The van der Waals surface area contributed by atoms with E-state index in [2.05, 4.69) is 5.16 Å². The predicted molar refractivity (Wildman–Crippen MR) is 135 cm³/mol. The van der Waals surface area contributed by atoms with Crippen molar-refractivity contribution >= 4 is 29.0 Å². The second kappa shape index (κ2) is 11.0. The minimum Gasteiger partial charge on any atom is -0.489 e. The van der Waals surface area contributed by atoms with Crippen molar-refractivity contribution in [3.63, 3.8) is 0 Å². The summed E-state index contributed by atoms with van der Waals surface area (Å²) < 4.78 is 6.12. The number of halogens is 1. The molecule has 9 heteroatoms. The van der Waals surface area contributed by atoms with Crippen molar-refractivity contribution in [1.29, 1.82) is 0 Å². The molecule has 0 saturated heterocycles. The monoisotopic (exact) mass is 481 g/mol. The van der Waals surface area contributed by atoms with Crippen molar-refractivity contribution in [2.45, 2.75) is 20.5 Å². The Labute approximate surface area is 204 Å². The maximum atomic E-state index is 12.3. The number of oxime groups is 1. The molecular formula is C25H28ClN5O3. The van der Waals surface area contributed by atoms with Crippen LogP contribution in [-0.4, -0.2) is 30.9 Å². The number of ether oxygens (including phenoxy) is 1. The quantitative estimate of drug-likeness (QED) is 0.223. The fourth-order valence-corrected chi connectivity index (χ4v) is 3.71. The second-order valence-corrected chi connectivity index (χ2v) is 8.11. The highest BCUT2D eigenvalue weighted by Gasteiger charge is 2.19. The molecule has 3 aromatic rings. The van der Waals surface area contributed by atoms with Crippen molar-refractivity contribution in [2.75, 3.05) is 19.2 Å². The van der Waals surface area contributed by atoms with Crippen LogP contribution >= 0.6 is 11.6 Å². The van der Waals surface area contributed by atoms with Gasteiger partial charge in [0.2, 0.25) is 0 Å². The zero-order valence-corrected chi connectivity index (χ0v) is 20.3. The van der Waals surface area contributed by atoms with E-state index in [1.165, 1.54) is 14.2 Å². The number of nitrogens with two attached hydrogens (primary N) is 2. The molecule has 0 saturated carbocycles. The number of hydrogen-bond acceptors (Lipinski definition) is 6. The Kier molecular flexibility index (Phi) is 8.12. The third-order valence-corrected chi connectivity index (χ3v) is 5.61. The molecule has 0 aliphatic carbocycles. The summed E-state index contributed by atoms with van der Waals surface area (Å²) in [5, 5.41) is 6.70. The Bertz CT molecular complexity index is 1210. The molecule has 0 unspecified atom stereocenters. The highest BCUT2D eigenvalue weighted by Crippen LogP contribution is 2.28. The topological polar surface area (TPSA) is 106 Å². The third kappa shape index (κ3) is 5.48. The van der Waals surface area contributed by atoms with Gasteiger partial charge in [0.15, 0.2) is 0 Å². The van der Waals surface area contributed by atoms with E-state index in [0.717, 1.165) is 37.8 Å². The van der Waals surface area contributed by atoms with Gasteiger partial charge < -0.3 is 9.57 Å². The molecule has 0 aliphatic heterocycles. The number of hydrogen-bond donors (Lipinski definition) is 2. The standard InChI is InChI=1S/C25H28ClN5O3/c1-16-8-7-11-22(31(28)25(32)30(3)27)20(16)15-34-23-13-12-18(14-17(23)2)24(29-33-4)19-9-5-6-10-21(19)26/h5-14H,15,27-28H2,1-4H3. The van der Waals surface area contributed by atoms with Crippen LogP contribution in [0.15, 0.2) is 65.8 Å². The normalized spacial score (nSPS) is 11.2. The molecule has 0 radical (unpaired) electrons. The van der Waals surface area contributed by atoms with E-state index in [9.17, 15) is 4.79 Å². The van der Waals surface area contributed by atoms with Crippen molar-refractivity contribution in [1.82, 2.24) is 5.01 Å². The zero-order valence-electron chi connectivity index (χ0n) is 19.6. The Morgan fingerprint density at radius 2 is 1.76 bits per heavy atom. The van der Waals surface area contributed by atoms with Crippen LogP contribution in [0, 0.1) is 13.8 Å². The lowest BCUT2D eigenvalue weighted by atomic mass is 10.0. The summed E-state index contributed by atoms with van der Waals surface area (Å²) in [6.07, 6.45) is 0. The fraction of sp³-hybridized carbons (Fsp3) is 0.200. The maximum Gasteiger partial charge on any atom is 0.352 e. The van der Waals surface area contributed by atoms with Gasteiger partial charge in [-0.05, 0) is 55.3 Å². The molecule has 0 heterocycles. The Balaban J connectivity index is 1.87. The summed E-state index contributed by atoms with van der Waals surface area (Å²) in [4.78, 5) is 17.3. The first-order chi connectivity index (χ1) is 16.2. The lowest BCUT2D eigenvalue weighted by molar-refractivity contribution is 0.214. The summed E-state index contributed by atoms with van der Waals surface area (Å²) in [5.41, 5.74) is 5.34. The average molecular weight is 482 g/mol. The number of carbonyl (C=O) groups excluding carboxylic acids is 1. The van der Waals surface area contributed by atoms with E-state index in [0.29, 0.717) is 22.2 Å². The molecule has 178 valence electrons. The van der Waals surface area contributed by atoms with Crippen LogP contribution in [0.5, 0.6) is 5.75 Å². The van der Waals surface area contributed by atoms with Gasteiger partial charge in [-0.1, -0.05) is 47.1 Å². The lowest BCUT2D eigenvalue weighted by Crippen LogP contribution is -2.49. The zero-order chi connectivity index (χ0) is 24.8. The van der Waals surface area contributed by atoms with E-state index in [1.54, 1.807) is 12.1 Å². The Morgan fingerprint density at radius 3 is 2.41 bits per heavy atom. The Morgan fingerprint density at radius 1 is 1.03 bits per heavy atom. The molecule has 34 heavy (non-hydrogen) atoms.